The van der Waals surface area contributed by atoms with Crippen molar-refractivity contribution in [3.8, 4) is 28.6 Å². The second-order valence-electron chi connectivity index (χ2n) is 7.94. The molecule has 1 aliphatic heterocycles. The van der Waals surface area contributed by atoms with E-state index in [0.717, 1.165) is 18.6 Å². The molecule has 0 saturated carbocycles. The molecule has 36 heavy (non-hydrogen) atoms. The topological polar surface area (TPSA) is 104 Å². The molecule has 0 unspecified atom stereocenters. The van der Waals surface area contributed by atoms with E-state index in [9.17, 15) is 9.59 Å². The number of nitrogens with zero attached hydrogens (tertiary/aromatic N) is 4. The van der Waals surface area contributed by atoms with Crippen LogP contribution in [0.2, 0.25) is 5.02 Å². The van der Waals surface area contributed by atoms with Gasteiger partial charge in [0.2, 0.25) is 23.2 Å². The van der Waals surface area contributed by atoms with Crippen LogP contribution in [0.15, 0.2) is 41.6 Å². The second-order valence-corrected chi connectivity index (χ2v) is 9.41. The summed E-state index contributed by atoms with van der Waals surface area (Å²) in [6, 6.07) is 10.3. The molecule has 1 amide bonds. The van der Waals surface area contributed by atoms with E-state index in [1.54, 1.807) is 12.1 Å². The third-order valence-electron chi connectivity index (χ3n) is 5.38. The summed E-state index contributed by atoms with van der Waals surface area (Å²) in [6.45, 7) is 4.83. The number of ether oxygens (including phenoxy) is 3. The van der Waals surface area contributed by atoms with E-state index in [4.69, 9.17) is 25.8 Å². The van der Waals surface area contributed by atoms with Crippen LogP contribution in [0.5, 0.6) is 17.4 Å². The molecule has 2 aromatic carbocycles. The van der Waals surface area contributed by atoms with Crippen LogP contribution in [0.4, 0.5) is 5.69 Å². The molecule has 1 aliphatic rings. The van der Waals surface area contributed by atoms with Crippen LogP contribution in [-0.4, -0.2) is 39.9 Å². The summed E-state index contributed by atoms with van der Waals surface area (Å²) >= 11 is 8.14. The summed E-state index contributed by atoms with van der Waals surface area (Å²) < 4.78 is 17.0. The number of carbonyl (C=O) groups is 2. The van der Waals surface area contributed by atoms with Gasteiger partial charge in [-0.05, 0) is 18.6 Å². The van der Waals surface area contributed by atoms with Crippen LogP contribution in [0.1, 0.15) is 45.4 Å². The maximum Gasteiger partial charge on any atom is 0.308 e. The van der Waals surface area contributed by atoms with E-state index in [1.165, 1.54) is 43.7 Å². The van der Waals surface area contributed by atoms with E-state index in [1.807, 2.05) is 18.2 Å². The minimum Gasteiger partial charge on any atom is -0.493 e. The summed E-state index contributed by atoms with van der Waals surface area (Å²) in [5.74, 6) is 0.672. The molecule has 9 nitrogen and oxygen atoms in total. The Hall–Kier alpha value is -3.37. The molecule has 1 atom stereocenters. The van der Waals surface area contributed by atoms with Crippen molar-refractivity contribution in [2.45, 2.75) is 45.0 Å². The van der Waals surface area contributed by atoms with E-state index >= 15 is 0 Å². The van der Waals surface area contributed by atoms with Gasteiger partial charge in [-0.15, -0.1) is 10.2 Å². The number of methoxy groups -OCH3 is 1. The van der Waals surface area contributed by atoms with Gasteiger partial charge in [-0.1, -0.05) is 54.9 Å². The van der Waals surface area contributed by atoms with Crippen LogP contribution in [-0.2, 0) is 9.59 Å². The Balaban J connectivity index is 1.88. The fourth-order valence-corrected chi connectivity index (χ4v) is 4.87. The SMILES string of the molecule is CCCCSc1nnc2c(n1)O[C@@H](c1cc(OC)c(OC(C)=O)cc1Cl)N(C(C)=O)c1ccccc1-2. The average molecular weight is 529 g/mol. The number of para-hydroxylation sites is 1. The first-order valence-electron chi connectivity index (χ1n) is 11.3. The van der Waals surface area contributed by atoms with Gasteiger partial charge in [0, 0.05) is 36.8 Å². The zero-order valence-electron chi connectivity index (χ0n) is 20.3. The number of rotatable bonds is 7. The zero-order chi connectivity index (χ0) is 25.8. The Labute approximate surface area is 218 Å². The molecule has 1 aromatic heterocycles. The van der Waals surface area contributed by atoms with E-state index in [-0.39, 0.29) is 28.3 Å². The Morgan fingerprint density at radius 3 is 2.64 bits per heavy atom. The largest absolute Gasteiger partial charge is 0.493 e. The lowest BCUT2D eigenvalue weighted by atomic mass is 10.1. The number of carbonyl (C=O) groups excluding carboxylic acids is 2. The highest BCUT2D eigenvalue weighted by Crippen LogP contribution is 2.46. The van der Waals surface area contributed by atoms with Gasteiger partial charge in [-0.25, -0.2) is 0 Å². The van der Waals surface area contributed by atoms with Crippen LogP contribution in [0.25, 0.3) is 11.3 Å². The summed E-state index contributed by atoms with van der Waals surface area (Å²) in [4.78, 5) is 30.7. The van der Waals surface area contributed by atoms with Gasteiger partial charge in [0.25, 0.3) is 0 Å². The zero-order valence-corrected chi connectivity index (χ0v) is 21.9. The monoisotopic (exact) mass is 528 g/mol. The number of halogens is 1. The summed E-state index contributed by atoms with van der Waals surface area (Å²) in [5.41, 5.74) is 2.05. The predicted octanol–water partition coefficient (Wildman–Crippen LogP) is 5.46. The first-order valence-corrected chi connectivity index (χ1v) is 12.7. The lowest BCUT2D eigenvalue weighted by Crippen LogP contribution is -2.36. The second kappa shape index (κ2) is 11.1. The molecule has 0 aliphatic carbocycles. The van der Waals surface area contributed by atoms with Crippen LogP contribution in [0, 0.1) is 0 Å². The van der Waals surface area contributed by atoms with Crippen molar-refractivity contribution in [1.82, 2.24) is 15.2 Å². The van der Waals surface area contributed by atoms with Crippen molar-refractivity contribution in [2.24, 2.45) is 0 Å². The Kier molecular flexibility index (Phi) is 7.95. The quantitative estimate of drug-likeness (QED) is 0.171. The van der Waals surface area contributed by atoms with Crippen LogP contribution >= 0.6 is 23.4 Å². The third-order valence-corrected chi connectivity index (χ3v) is 6.63. The smallest absolute Gasteiger partial charge is 0.308 e. The normalized spacial score (nSPS) is 14.2. The number of fused-ring (bicyclic) bond motifs is 3. The number of hydrogen-bond donors (Lipinski definition) is 0. The highest BCUT2D eigenvalue weighted by Gasteiger charge is 2.36. The van der Waals surface area contributed by atoms with Crippen molar-refractivity contribution in [2.75, 3.05) is 17.8 Å². The third kappa shape index (κ3) is 5.24. The summed E-state index contributed by atoms with van der Waals surface area (Å²) in [7, 11) is 1.44. The maximum atomic E-state index is 13.0. The molecule has 0 saturated heterocycles. The van der Waals surface area contributed by atoms with Gasteiger partial charge < -0.3 is 14.2 Å². The minimum absolute atomic E-state index is 0.154. The van der Waals surface area contributed by atoms with Crippen molar-refractivity contribution in [3.63, 3.8) is 0 Å². The number of unbranched alkanes of at least 4 members (excludes halogenated alkanes) is 1. The number of benzene rings is 2. The molecule has 11 heteroatoms. The molecule has 2 heterocycles. The Morgan fingerprint density at radius 2 is 1.94 bits per heavy atom. The highest BCUT2D eigenvalue weighted by atomic mass is 35.5. The summed E-state index contributed by atoms with van der Waals surface area (Å²) in [6.07, 6.45) is 1.05. The minimum atomic E-state index is -1.01. The number of aromatic nitrogens is 3. The van der Waals surface area contributed by atoms with Crippen LogP contribution < -0.4 is 19.1 Å². The highest BCUT2D eigenvalue weighted by molar-refractivity contribution is 7.99. The van der Waals surface area contributed by atoms with Crippen molar-refractivity contribution in [3.05, 3.63) is 47.0 Å². The molecule has 0 N–H and O–H groups in total. The molecule has 0 radical (unpaired) electrons. The van der Waals surface area contributed by atoms with Gasteiger partial charge >= 0.3 is 5.97 Å². The first-order chi connectivity index (χ1) is 17.3. The number of hydrogen-bond acceptors (Lipinski definition) is 9. The van der Waals surface area contributed by atoms with Crippen molar-refractivity contribution >= 4 is 40.9 Å². The molecule has 188 valence electrons. The van der Waals surface area contributed by atoms with Gasteiger partial charge in [-0.3, -0.25) is 14.5 Å². The van der Waals surface area contributed by atoms with E-state index in [0.29, 0.717) is 27.7 Å². The molecule has 4 rings (SSSR count). The number of esters is 1. The fraction of sp³-hybridized carbons (Fsp3) is 0.320. The number of thioether (sulfide) groups is 1. The molecular weight excluding hydrogens is 504 g/mol. The first kappa shape index (κ1) is 25.7. The summed E-state index contributed by atoms with van der Waals surface area (Å²) in [5, 5.41) is 9.38. The standard InChI is InChI=1S/C25H25ClN4O5S/c1-5-6-11-36-25-27-23-22(28-29-25)16-9-7-8-10-19(16)30(14(2)31)24(35-23)17-12-20(33-4)21(13-18(17)26)34-15(3)32/h7-10,12-13,24H,5-6,11H2,1-4H3/t24-/m0/s1. The predicted molar refractivity (Wildman–Crippen MR) is 137 cm³/mol. The maximum absolute atomic E-state index is 13.0. The van der Waals surface area contributed by atoms with E-state index in [2.05, 4.69) is 22.1 Å². The molecule has 0 spiro atoms. The number of anilines is 1. The van der Waals surface area contributed by atoms with Gasteiger partial charge in [0.05, 0.1) is 17.8 Å². The van der Waals surface area contributed by atoms with Gasteiger partial charge in [-0.2, -0.15) is 4.98 Å². The van der Waals surface area contributed by atoms with Crippen LogP contribution in [0.3, 0.4) is 0 Å². The van der Waals surface area contributed by atoms with E-state index < -0.39 is 12.2 Å². The fourth-order valence-electron chi connectivity index (χ4n) is 3.76. The lowest BCUT2D eigenvalue weighted by Gasteiger charge is -2.30. The molecule has 0 fully saturated rings. The van der Waals surface area contributed by atoms with Crippen molar-refractivity contribution < 1.29 is 23.8 Å². The van der Waals surface area contributed by atoms with Gasteiger partial charge in [0.15, 0.2) is 17.2 Å². The lowest BCUT2D eigenvalue weighted by molar-refractivity contribution is -0.132. The Morgan fingerprint density at radius 1 is 1.17 bits per heavy atom. The van der Waals surface area contributed by atoms with Gasteiger partial charge in [0.1, 0.15) is 0 Å². The Bertz CT molecular complexity index is 1310. The average Bonchev–Trinajstić information content (AvgIpc) is 2.98. The molecule has 0 bridgehead atoms. The molecule has 3 aromatic rings. The molecular formula is C25H25ClN4O5S. The number of amides is 1. The van der Waals surface area contributed by atoms with Crippen molar-refractivity contribution in [1.29, 1.82) is 0 Å².